The Hall–Kier alpha value is -3.78. The number of aryl methyl sites for hydroxylation is 1. The molecule has 1 aliphatic heterocycles. The smallest absolute Gasteiger partial charge is 0.291 e. The van der Waals surface area contributed by atoms with Crippen molar-refractivity contribution in [2.24, 2.45) is 0 Å². The van der Waals surface area contributed by atoms with Gasteiger partial charge < -0.3 is 14.5 Å². The van der Waals surface area contributed by atoms with E-state index >= 15 is 0 Å². The van der Waals surface area contributed by atoms with Gasteiger partial charge in [-0.2, -0.15) is 0 Å². The molecule has 1 amide bonds. The minimum Gasteiger partial charge on any atom is -0.497 e. The third-order valence-corrected chi connectivity index (χ3v) is 7.54. The van der Waals surface area contributed by atoms with Crippen LogP contribution in [0.1, 0.15) is 22.5 Å². The van der Waals surface area contributed by atoms with Crippen molar-refractivity contribution in [2.75, 3.05) is 23.3 Å². The van der Waals surface area contributed by atoms with Crippen LogP contribution in [-0.2, 0) is 16.4 Å². The third kappa shape index (κ3) is 3.93. The predicted molar refractivity (Wildman–Crippen MR) is 126 cm³/mol. The first-order valence-electron chi connectivity index (χ1n) is 10.6. The Balaban J connectivity index is 1.40. The standard InChI is InChI=1S/C25H22N2O5S/c1-31-20-9-11-21(12-10-20)33(29,30)27-14-4-6-17-15-19(8-13-22(17)27)26-25(28)24-16-18-5-2-3-7-23(18)32-24/h2-3,5,7-13,15-16H,4,6,14H2,1H3,(H,26,28). The molecule has 1 N–H and O–H groups in total. The molecule has 0 bridgehead atoms. The summed E-state index contributed by atoms with van der Waals surface area (Å²) in [5, 5.41) is 3.71. The number of hydrogen-bond acceptors (Lipinski definition) is 5. The number of sulfonamides is 1. The molecule has 4 aromatic rings. The van der Waals surface area contributed by atoms with Crippen LogP contribution in [0.25, 0.3) is 11.0 Å². The van der Waals surface area contributed by atoms with Crippen LogP contribution in [-0.4, -0.2) is 28.0 Å². The molecule has 0 fully saturated rings. The summed E-state index contributed by atoms with van der Waals surface area (Å²) in [6.45, 7) is 0.395. The molecular formula is C25H22N2O5S. The minimum atomic E-state index is -3.72. The maximum atomic E-state index is 13.3. The highest BCUT2D eigenvalue weighted by Crippen LogP contribution is 2.34. The molecule has 1 aliphatic rings. The summed E-state index contributed by atoms with van der Waals surface area (Å²) in [6, 6.07) is 20.8. The second kappa shape index (κ2) is 8.29. The molecule has 0 unspecified atom stereocenters. The summed E-state index contributed by atoms with van der Waals surface area (Å²) in [4.78, 5) is 12.9. The first-order chi connectivity index (χ1) is 16.0. The zero-order valence-electron chi connectivity index (χ0n) is 17.9. The molecule has 0 atom stereocenters. The van der Waals surface area contributed by atoms with Gasteiger partial charge in [0.25, 0.3) is 15.9 Å². The summed E-state index contributed by atoms with van der Waals surface area (Å²) < 4.78 is 38.8. The number of carbonyl (C=O) groups is 1. The fourth-order valence-electron chi connectivity index (χ4n) is 4.05. The van der Waals surface area contributed by atoms with Gasteiger partial charge in [-0.1, -0.05) is 18.2 Å². The Bertz CT molecular complexity index is 1410. The average molecular weight is 463 g/mol. The first-order valence-corrected chi connectivity index (χ1v) is 12.0. The van der Waals surface area contributed by atoms with Gasteiger partial charge in [0.2, 0.25) is 0 Å². The van der Waals surface area contributed by atoms with Crippen LogP contribution in [0, 0.1) is 0 Å². The molecule has 33 heavy (non-hydrogen) atoms. The molecule has 7 nitrogen and oxygen atoms in total. The molecule has 8 heteroatoms. The third-order valence-electron chi connectivity index (χ3n) is 5.71. The number of hydrogen-bond donors (Lipinski definition) is 1. The molecule has 0 aliphatic carbocycles. The predicted octanol–water partition coefficient (Wildman–Crippen LogP) is 4.84. The Kier molecular flexibility index (Phi) is 5.30. The quantitative estimate of drug-likeness (QED) is 0.459. The fourth-order valence-corrected chi connectivity index (χ4v) is 5.59. The molecule has 0 spiro atoms. The van der Waals surface area contributed by atoms with Gasteiger partial charge in [0.15, 0.2) is 5.76 Å². The number of methoxy groups -OCH3 is 1. The number of nitrogens with one attached hydrogen (secondary N) is 1. The van der Waals surface area contributed by atoms with Crippen molar-refractivity contribution < 1.29 is 22.4 Å². The van der Waals surface area contributed by atoms with Crippen molar-refractivity contribution in [3.63, 3.8) is 0 Å². The number of ether oxygens (including phenoxy) is 1. The molecule has 0 radical (unpaired) electrons. The van der Waals surface area contributed by atoms with Crippen LogP contribution in [0.5, 0.6) is 5.75 Å². The van der Waals surface area contributed by atoms with E-state index in [1.165, 1.54) is 11.4 Å². The average Bonchev–Trinajstić information content (AvgIpc) is 3.28. The van der Waals surface area contributed by atoms with Gasteiger partial charge in [0, 0.05) is 17.6 Å². The van der Waals surface area contributed by atoms with Crippen LogP contribution in [0.2, 0.25) is 0 Å². The lowest BCUT2D eigenvalue weighted by Gasteiger charge is -2.31. The second-order valence-corrected chi connectivity index (χ2v) is 9.66. The Labute approximate surface area is 191 Å². The van der Waals surface area contributed by atoms with Crippen molar-refractivity contribution in [1.82, 2.24) is 0 Å². The van der Waals surface area contributed by atoms with E-state index in [4.69, 9.17) is 9.15 Å². The second-order valence-electron chi connectivity index (χ2n) is 7.80. The summed E-state index contributed by atoms with van der Waals surface area (Å²) >= 11 is 0. The number of rotatable bonds is 5. The number of furan rings is 1. The van der Waals surface area contributed by atoms with E-state index in [9.17, 15) is 13.2 Å². The monoisotopic (exact) mass is 462 g/mol. The molecule has 1 aromatic heterocycles. The van der Waals surface area contributed by atoms with Crippen molar-refractivity contribution in [2.45, 2.75) is 17.7 Å². The van der Waals surface area contributed by atoms with E-state index in [1.807, 2.05) is 30.3 Å². The zero-order chi connectivity index (χ0) is 23.0. The fraction of sp³-hybridized carbons (Fsp3) is 0.160. The Morgan fingerprint density at radius 3 is 2.58 bits per heavy atom. The number of fused-ring (bicyclic) bond motifs is 2. The van der Waals surface area contributed by atoms with Crippen LogP contribution in [0.4, 0.5) is 11.4 Å². The van der Waals surface area contributed by atoms with Crippen LogP contribution < -0.4 is 14.4 Å². The summed E-state index contributed by atoms with van der Waals surface area (Å²) in [6.07, 6.45) is 1.40. The number of para-hydroxylation sites is 1. The van der Waals surface area contributed by atoms with Crippen molar-refractivity contribution in [3.05, 3.63) is 84.1 Å². The maximum Gasteiger partial charge on any atom is 0.291 e. The number of anilines is 2. The highest BCUT2D eigenvalue weighted by atomic mass is 32.2. The van der Waals surface area contributed by atoms with Gasteiger partial charge in [-0.05, 0) is 73.0 Å². The van der Waals surface area contributed by atoms with Crippen LogP contribution >= 0.6 is 0 Å². The van der Waals surface area contributed by atoms with Crippen molar-refractivity contribution in [3.8, 4) is 5.75 Å². The van der Waals surface area contributed by atoms with Crippen molar-refractivity contribution >= 4 is 38.3 Å². The van der Waals surface area contributed by atoms with Gasteiger partial charge in [-0.3, -0.25) is 9.10 Å². The lowest BCUT2D eigenvalue weighted by Crippen LogP contribution is -2.35. The molecule has 3 aromatic carbocycles. The van der Waals surface area contributed by atoms with Gasteiger partial charge >= 0.3 is 0 Å². The lowest BCUT2D eigenvalue weighted by molar-refractivity contribution is 0.0998. The van der Waals surface area contributed by atoms with E-state index in [-0.39, 0.29) is 16.6 Å². The number of amides is 1. The normalized spacial score (nSPS) is 13.5. The van der Waals surface area contributed by atoms with Gasteiger partial charge in [0.1, 0.15) is 11.3 Å². The minimum absolute atomic E-state index is 0.207. The van der Waals surface area contributed by atoms with E-state index in [0.29, 0.717) is 35.7 Å². The van der Waals surface area contributed by atoms with Crippen LogP contribution in [0.3, 0.4) is 0 Å². The number of nitrogens with zero attached hydrogens (tertiary/aromatic N) is 1. The van der Waals surface area contributed by atoms with Gasteiger partial charge in [-0.25, -0.2) is 8.42 Å². The maximum absolute atomic E-state index is 13.3. The zero-order valence-corrected chi connectivity index (χ0v) is 18.8. The Morgan fingerprint density at radius 1 is 1.03 bits per heavy atom. The lowest BCUT2D eigenvalue weighted by atomic mass is 10.0. The largest absolute Gasteiger partial charge is 0.497 e. The van der Waals surface area contributed by atoms with E-state index in [0.717, 1.165) is 17.4 Å². The van der Waals surface area contributed by atoms with Gasteiger partial charge in [0.05, 0.1) is 17.7 Å². The first kappa shape index (κ1) is 21.1. The topological polar surface area (TPSA) is 88.9 Å². The van der Waals surface area contributed by atoms with E-state index in [1.54, 1.807) is 42.5 Å². The summed E-state index contributed by atoms with van der Waals surface area (Å²) in [5.74, 6) is 0.458. The molecule has 5 rings (SSSR count). The number of carbonyl (C=O) groups excluding carboxylic acids is 1. The highest BCUT2D eigenvalue weighted by Gasteiger charge is 2.29. The molecule has 0 saturated carbocycles. The van der Waals surface area contributed by atoms with E-state index < -0.39 is 10.0 Å². The van der Waals surface area contributed by atoms with Gasteiger partial charge in [-0.15, -0.1) is 0 Å². The molecule has 0 saturated heterocycles. The number of benzene rings is 3. The van der Waals surface area contributed by atoms with Crippen molar-refractivity contribution in [1.29, 1.82) is 0 Å². The Morgan fingerprint density at radius 2 is 1.82 bits per heavy atom. The highest BCUT2D eigenvalue weighted by molar-refractivity contribution is 7.92. The molecular weight excluding hydrogens is 440 g/mol. The molecule has 2 heterocycles. The van der Waals surface area contributed by atoms with Crippen LogP contribution in [0.15, 0.2) is 82.1 Å². The summed E-state index contributed by atoms with van der Waals surface area (Å²) in [5.41, 5.74) is 2.72. The molecule has 168 valence electrons. The van der Waals surface area contributed by atoms with E-state index in [2.05, 4.69) is 5.32 Å². The SMILES string of the molecule is COc1ccc(S(=O)(=O)N2CCCc3cc(NC(=O)c4cc5ccccc5o4)ccc32)cc1. The summed E-state index contributed by atoms with van der Waals surface area (Å²) in [7, 11) is -2.18.